The van der Waals surface area contributed by atoms with E-state index in [0.717, 1.165) is 12.2 Å². The Labute approximate surface area is 109 Å². The second-order valence-electron chi connectivity index (χ2n) is 4.35. The SMILES string of the molecule is CCNC(C)c1cccc(NC(=O)N(C)CC)c1. The fourth-order valence-electron chi connectivity index (χ4n) is 1.67. The Morgan fingerprint density at radius 1 is 1.39 bits per heavy atom. The highest BCUT2D eigenvalue weighted by molar-refractivity contribution is 5.89. The van der Waals surface area contributed by atoms with E-state index >= 15 is 0 Å². The minimum Gasteiger partial charge on any atom is -0.328 e. The third-order valence-electron chi connectivity index (χ3n) is 2.97. The van der Waals surface area contributed by atoms with Crippen molar-refractivity contribution in [3.05, 3.63) is 29.8 Å². The molecule has 4 nitrogen and oxygen atoms in total. The van der Waals surface area contributed by atoms with E-state index in [1.807, 2.05) is 25.1 Å². The van der Waals surface area contributed by atoms with Gasteiger partial charge in [0.25, 0.3) is 0 Å². The third kappa shape index (κ3) is 4.04. The summed E-state index contributed by atoms with van der Waals surface area (Å²) in [6.07, 6.45) is 0. The molecule has 100 valence electrons. The number of nitrogens with zero attached hydrogens (tertiary/aromatic N) is 1. The number of hydrogen-bond acceptors (Lipinski definition) is 2. The summed E-state index contributed by atoms with van der Waals surface area (Å²) in [6.45, 7) is 7.76. The molecular formula is C14H23N3O. The van der Waals surface area contributed by atoms with Crippen LogP contribution in [-0.2, 0) is 0 Å². The van der Waals surface area contributed by atoms with E-state index in [0.29, 0.717) is 6.54 Å². The summed E-state index contributed by atoms with van der Waals surface area (Å²) in [4.78, 5) is 13.4. The van der Waals surface area contributed by atoms with E-state index < -0.39 is 0 Å². The lowest BCUT2D eigenvalue weighted by molar-refractivity contribution is 0.224. The smallest absolute Gasteiger partial charge is 0.321 e. The number of hydrogen-bond donors (Lipinski definition) is 2. The number of carbonyl (C=O) groups excluding carboxylic acids is 1. The minimum absolute atomic E-state index is 0.0780. The van der Waals surface area contributed by atoms with Crippen molar-refractivity contribution in [1.29, 1.82) is 0 Å². The molecule has 0 aromatic heterocycles. The van der Waals surface area contributed by atoms with Crippen LogP contribution in [0.25, 0.3) is 0 Å². The largest absolute Gasteiger partial charge is 0.328 e. The van der Waals surface area contributed by atoms with Crippen LogP contribution in [0.5, 0.6) is 0 Å². The summed E-state index contributed by atoms with van der Waals surface area (Å²) < 4.78 is 0. The van der Waals surface area contributed by atoms with Gasteiger partial charge in [-0.3, -0.25) is 0 Å². The van der Waals surface area contributed by atoms with E-state index in [-0.39, 0.29) is 12.1 Å². The first-order valence-electron chi connectivity index (χ1n) is 6.44. The molecule has 18 heavy (non-hydrogen) atoms. The molecule has 0 saturated carbocycles. The minimum atomic E-state index is -0.0780. The summed E-state index contributed by atoms with van der Waals surface area (Å²) in [7, 11) is 1.78. The highest BCUT2D eigenvalue weighted by Crippen LogP contribution is 2.17. The average molecular weight is 249 g/mol. The predicted octanol–water partition coefficient (Wildman–Crippen LogP) is 2.84. The van der Waals surface area contributed by atoms with Gasteiger partial charge in [0.05, 0.1) is 0 Å². The van der Waals surface area contributed by atoms with Crippen molar-refractivity contribution in [2.24, 2.45) is 0 Å². The Kier molecular flexibility index (Phi) is 5.65. The quantitative estimate of drug-likeness (QED) is 0.842. The second kappa shape index (κ2) is 7.01. The fourth-order valence-corrected chi connectivity index (χ4v) is 1.67. The van der Waals surface area contributed by atoms with Crippen molar-refractivity contribution < 1.29 is 4.79 Å². The van der Waals surface area contributed by atoms with Gasteiger partial charge in [-0.15, -0.1) is 0 Å². The van der Waals surface area contributed by atoms with Crippen LogP contribution in [-0.4, -0.2) is 31.1 Å². The summed E-state index contributed by atoms with van der Waals surface area (Å²) in [5.41, 5.74) is 2.01. The Hall–Kier alpha value is -1.55. The lowest BCUT2D eigenvalue weighted by Crippen LogP contribution is -2.31. The Bertz CT molecular complexity index is 392. The van der Waals surface area contributed by atoms with Crippen LogP contribution in [0.2, 0.25) is 0 Å². The molecule has 0 bridgehead atoms. The van der Waals surface area contributed by atoms with Crippen LogP contribution in [0.1, 0.15) is 32.4 Å². The zero-order valence-electron chi connectivity index (χ0n) is 11.7. The van der Waals surface area contributed by atoms with E-state index in [2.05, 4.69) is 30.5 Å². The zero-order chi connectivity index (χ0) is 13.5. The molecule has 1 aromatic carbocycles. The van der Waals surface area contributed by atoms with Gasteiger partial charge >= 0.3 is 6.03 Å². The number of carbonyl (C=O) groups is 1. The van der Waals surface area contributed by atoms with E-state index in [1.54, 1.807) is 11.9 Å². The van der Waals surface area contributed by atoms with Gasteiger partial charge in [0.2, 0.25) is 0 Å². The Balaban J connectivity index is 2.73. The fraction of sp³-hybridized carbons (Fsp3) is 0.500. The summed E-state index contributed by atoms with van der Waals surface area (Å²) in [6, 6.07) is 8.15. The second-order valence-corrected chi connectivity index (χ2v) is 4.35. The van der Waals surface area contributed by atoms with Gasteiger partial charge < -0.3 is 15.5 Å². The van der Waals surface area contributed by atoms with Gasteiger partial charge in [0.1, 0.15) is 0 Å². The number of benzene rings is 1. The van der Waals surface area contributed by atoms with Crippen LogP contribution in [0.15, 0.2) is 24.3 Å². The molecule has 0 fully saturated rings. The maximum atomic E-state index is 11.7. The summed E-state index contributed by atoms with van der Waals surface area (Å²) in [5, 5.41) is 6.24. The normalized spacial score (nSPS) is 12.0. The topological polar surface area (TPSA) is 44.4 Å². The van der Waals surface area contributed by atoms with Crippen molar-refractivity contribution in [3.8, 4) is 0 Å². The molecule has 1 aromatic rings. The molecule has 0 aliphatic rings. The lowest BCUT2D eigenvalue weighted by atomic mass is 10.1. The molecule has 0 radical (unpaired) electrons. The van der Waals surface area contributed by atoms with Crippen LogP contribution in [0, 0.1) is 0 Å². The Morgan fingerprint density at radius 2 is 2.11 bits per heavy atom. The monoisotopic (exact) mass is 249 g/mol. The van der Waals surface area contributed by atoms with Crippen molar-refractivity contribution in [1.82, 2.24) is 10.2 Å². The lowest BCUT2D eigenvalue weighted by Gasteiger charge is -2.17. The number of rotatable bonds is 5. The van der Waals surface area contributed by atoms with Crippen molar-refractivity contribution >= 4 is 11.7 Å². The van der Waals surface area contributed by atoms with Gasteiger partial charge in [-0.2, -0.15) is 0 Å². The van der Waals surface area contributed by atoms with Crippen LogP contribution >= 0.6 is 0 Å². The van der Waals surface area contributed by atoms with E-state index in [9.17, 15) is 4.79 Å². The van der Waals surface area contributed by atoms with Crippen LogP contribution in [0.3, 0.4) is 0 Å². The molecule has 2 N–H and O–H groups in total. The molecule has 1 unspecified atom stereocenters. The molecule has 0 aliphatic carbocycles. The summed E-state index contributed by atoms with van der Waals surface area (Å²) >= 11 is 0. The standard InChI is InChI=1S/C14H23N3O/c1-5-15-11(3)12-8-7-9-13(10-12)16-14(18)17(4)6-2/h7-11,15H,5-6H2,1-4H3,(H,16,18). The van der Waals surface area contributed by atoms with Gasteiger partial charge in [0, 0.05) is 25.3 Å². The number of urea groups is 1. The highest BCUT2D eigenvalue weighted by Gasteiger charge is 2.08. The maximum absolute atomic E-state index is 11.7. The molecule has 0 saturated heterocycles. The maximum Gasteiger partial charge on any atom is 0.321 e. The zero-order valence-corrected chi connectivity index (χ0v) is 11.7. The molecule has 1 rings (SSSR count). The number of amides is 2. The van der Waals surface area contributed by atoms with Crippen molar-refractivity contribution in [3.63, 3.8) is 0 Å². The first-order chi connectivity index (χ1) is 8.58. The van der Waals surface area contributed by atoms with Crippen LogP contribution in [0.4, 0.5) is 10.5 Å². The van der Waals surface area contributed by atoms with Gasteiger partial charge in [-0.1, -0.05) is 19.1 Å². The number of anilines is 1. The first-order valence-corrected chi connectivity index (χ1v) is 6.44. The molecule has 0 spiro atoms. The predicted molar refractivity (Wildman–Crippen MR) is 75.9 cm³/mol. The summed E-state index contributed by atoms with van der Waals surface area (Å²) in [5.74, 6) is 0. The molecule has 0 aliphatic heterocycles. The molecular weight excluding hydrogens is 226 g/mol. The molecule has 2 amide bonds. The third-order valence-corrected chi connectivity index (χ3v) is 2.97. The van der Waals surface area contributed by atoms with Gasteiger partial charge in [0.15, 0.2) is 0 Å². The first kappa shape index (κ1) is 14.5. The highest BCUT2D eigenvalue weighted by atomic mass is 16.2. The van der Waals surface area contributed by atoms with Crippen molar-refractivity contribution in [2.75, 3.05) is 25.5 Å². The molecule has 4 heteroatoms. The van der Waals surface area contributed by atoms with Gasteiger partial charge in [-0.25, -0.2) is 4.79 Å². The van der Waals surface area contributed by atoms with Crippen LogP contribution < -0.4 is 10.6 Å². The average Bonchev–Trinajstić information content (AvgIpc) is 2.38. The van der Waals surface area contributed by atoms with Crippen molar-refractivity contribution in [2.45, 2.75) is 26.8 Å². The number of nitrogens with one attached hydrogen (secondary N) is 2. The van der Waals surface area contributed by atoms with E-state index in [4.69, 9.17) is 0 Å². The van der Waals surface area contributed by atoms with E-state index in [1.165, 1.54) is 5.56 Å². The van der Waals surface area contributed by atoms with Gasteiger partial charge in [-0.05, 0) is 38.1 Å². The Morgan fingerprint density at radius 3 is 2.72 bits per heavy atom. The molecule has 0 heterocycles. The molecule has 1 atom stereocenters.